The van der Waals surface area contributed by atoms with Crippen molar-refractivity contribution in [3.63, 3.8) is 0 Å². The van der Waals surface area contributed by atoms with Gasteiger partial charge in [0, 0.05) is 17.2 Å². The number of benzene rings is 1. The van der Waals surface area contributed by atoms with Crippen molar-refractivity contribution >= 4 is 11.5 Å². The van der Waals surface area contributed by atoms with Gasteiger partial charge in [0.1, 0.15) is 0 Å². The van der Waals surface area contributed by atoms with Crippen LogP contribution in [0.4, 0.5) is 5.69 Å². The number of carbonyl (C=O) groups excluding carboxylic acids is 1. The number of anilines is 1. The Kier molecular flexibility index (Phi) is 2.71. The first-order chi connectivity index (χ1) is 6.02. The van der Waals surface area contributed by atoms with E-state index in [1.54, 1.807) is 12.1 Å². The molecule has 0 fully saturated rings. The van der Waals surface area contributed by atoms with Gasteiger partial charge in [0.25, 0.3) is 0 Å². The minimum absolute atomic E-state index is 0.0445. The second-order valence-electron chi connectivity index (χ2n) is 3.59. The van der Waals surface area contributed by atoms with Crippen LogP contribution in [0.5, 0.6) is 0 Å². The van der Waals surface area contributed by atoms with Gasteiger partial charge >= 0.3 is 0 Å². The van der Waals surface area contributed by atoms with Crippen molar-refractivity contribution < 1.29 is 4.79 Å². The largest absolute Gasteiger partial charge is 0.399 e. The molecule has 1 aromatic rings. The number of hydrogen-bond donors (Lipinski definition) is 1. The highest BCUT2D eigenvalue weighted by molar-refractivity contribution is 5.97. The van der Waals surface area contributed by atoms with Crippen molar-refractivity contribution in [2.45, 2.75) is 20.8 Å². The molecule has 0 atom stereocenters. The highest BCUT2D eigenvalue weighted by atomic mass is 16.1. The van der Waals surface area contributed by atoms with Crippen LogP contribution in [0.15, 0.2) is 18.2 Å². The van der Waals surface area contributed by atoms with Gasteiger partial charge in [-0.25, -0.2) is 0 Å². The van der Waals surface area contributed by atoms with Gasteiger partial charge in [-0.15, -0.1) is 0 Å². The highest BCUT2D eigenvalue weighted by Gasteiger charge is 2.10. The van der Waals surface area contributed by atoms with Crippen molar-refractivity contribution in [2.24, 2.45) is 5.92 Å². The lowest BCUT2D eigenvalue weighted by atomic mass is 9.99. The number of ketones is 1. The van der Waals surface area contributed by atoms with E-state index in [1.807, 2.05) is 26.8 Å². The Morgan fingerprint density at radius 3 is 2.46 bits per heavy atom. The molecule has 1 rings (SSSR count). The SMILES string of the molecule is Cc1cc(C(=O)C(C)C)ccc1N. The zero-order chi connectivity index (χ0) is 10.0. The maximum absolute atomic E-state index is 11.6. The van der Waals surface area contributed by atoms with Gasteiger partial charge in [-0.05, 0) is 30.7 Å². The zero-order valence-corrected chi connectivity index (χ0v) is 8.29. The van der Waals surface area contributed by atoms with Crippen LogP contribution >= 0.6 is 0 Å². The molecule has 0 saturated heterocycles. The summed E-state index contributed by atoms with van der Waals surface area (Å²) in [5.41, 5.74) is 8.11. The second kappa shape index (κ2) is 3.60. The lowest BCUT2D eigenvalue weighted by Crippen LogP contribution is -2.07. The molecule has 0 bridgehead atoms. The van der Waals surface area contributed by atoms with Gasteiger partial charge < -0.3 is 5.73 Å². The van der Waals surface area contributed by atoms with E-state index in [0.29, 0.717) is 0 Å². The summed E-state index contributed by atoms with van der Waals surface area (Å²) in [4.78, 5) is 11.6. The topological polar surface area (TPSA) is 43.1 Å². The maximum Gasteiger partial charge on any atom is 0.165 e. The zero-order valence-electron chi connectivity index (χ0n) is 8.29. The van der Waals surface area contributed by atoms with Gasteiger partial charge in [-0.3, -0.25) is 4.79 Å². The van der Waals surface area contributed by atoms with E-state index in [-0.39, 0.29) is 11.7 Å². The van der Waals surface area contributed by atoms with Crippen LogP contribution in [0.1, 0.15) is 29.8 Å². The lowest BCUT2D eigenvalue weighted by molar-refractivity contribution is 0.0939. The van der Waals surface area contributed by atoms with Crippen molar-refractivity contribution in [1.29, 1.82) is 0 Å². The predicted molar refractivity (Wildman–Crippen MR) is 54.8 cm³/mol. The summed E-state index contributed by atoms with van der Waals surface area (Å²) in [6.45, 7) is 5.70. The summed E-state index contributed by atoms with van der Waals surface area (Å²) in [5.74, 6) is 0.214. The van der Waals surface area contributed by atoms with E-state index >= 15 is 0 Å². The molecule has 0 amide bonds. The van der Waals surface area contributed by atoms with Gasteiger partial charge in [-0.2, -0.15) is 0 Å². The molecule has 70 valence electrons. The number of nitrogens with two attached hydrogens (primary N) is 1. The molecule has 2 nitrogen and oxygen atoms in total. The van der Waals surface area contributed by atoms with Crippen LogP contribution in [0.2, 0.25) is 0 Å². The monoisotopic (exact) mass is 177 g/mol. The molecule has 0 aromatic heterocycles. The van der Waals surface area contributed by atoms with Crippen molar-refractivity contribution in [3.8, 4) is 0 Å². The molecule has 0 unspecified atom stereocenters. The summed E-state index contributed by atoms with van der Waals surface area (Å²) in [6, 6.07) is 5.41. The van der Waals surface area contributed by atoms with Crippen LogP contribution in [0.25, 0.3) is 0 Å². The number of carbonyl (C=O) groups is 1. The van der Waals surface area contributed by atoms with Crippen LogP contribution in [0, 0.1) is 12.8 Å². The number of hydrogen-bond acceptors (Lipinski definition) is 2. The fourth-order valence-corrected chi connectivity index (χ4v) is 1.16. The molecule has 1 aromatic carbocycles. The third-order valence-electron chi connectivity index (χ3n) is 2.08. The molecule has 0 aliphatic rings. The van der Waals surface area contributed by atoms with Crippen LogP contribution in [-0.4, -0.2) is 5.78 Å². The van der Waals surface area contributed by atoms with Gasteiger partial charge in [0.2, 0.25) is 0 Å². The van der Waals surface area contributed by atoms with Crippen molar-refractivity contribution in [3.05, 3.63) is 29.3 Å². The first kappa shape index (κ1) is 9.78. The fourth-order valence-electron chi connectivity index (χ4n) is 1.16. The molecule has 0 radical (unpaired) electrons. The third-order valence-corrected chi connectivity index (χ3v) is 2.08. The molecule has 0 aliphatic heterocycles. The lowest BCUT2D eigenvalue weighted by Gasteiger charge is -2.06. The van der Waals surface area contributed by atoms with E-state index < -0.39 is 0 Å². The Morgan fingerprint density at radius 2 is 2.00 bits per heavy atom. The summed E-state index contributed by atoms with van der Waals surface area (Å²) in [5, 5.41) is 0. The van der Waals surface area contributed by atoms with Gasteiger partial charge in [0.15, 0.2) is 5.78 Å². The molecule has 0 saturated carbocycles. The Hall–Kier alpha value is -1.31. The maximum atomic E-state index is 11.6. The standard InChI is InChI=1S/C11H15NO/c1-7(2)11(13)9-4-5-10(12)8(3)6-9/h4-7H,12H2,1-3H3. The molecule has 2 N–H and O–H groups in total. The summed E-state index contributed by atoms with van der Waals surface area (Å²) >= 11 is 0. The second-order valence-corrected chi connectivity index (χ2v) is 3.59. The Balaban J connectivity index is 3.04. The number of Topliss-reactive ketones (excluding diaryl/α,β-unsaturated/α-hetero) is 1. The Labute approximate surface area is 78.8 Å². The molecule has 2 heteroatoms. The van der Waals surface area contributed by atoms with Gasteiger partial charge in [-0.1, -0.05) is 13.8 Å². The molecule has 0 heterocycles. The first-order valence-corrected chi connectivity index (χ1v) is 4.42. The Bertz CT molecular complexity index is 329. The van der Waals surface area contributed by atoms with E-state index in [9.17, 15) is 4.79 Å². The molecule has 0 aliphatic carbocycles. The molecule has 0 spiro atoms. The summed E-state index contributed by atoms with van der Waals surface area (Å²) in [6.07, 6.45) is 0. The molecular formula is C11H15NO. The number of rotatable bonds is 2. The predicted octanol–water partition coefficient (Wildman–Crippen LogP) is 2.42. The molecular weight excluding hydrogens is 162 g/mol. The van der Waals surface area contributed by atoms with Crippen LogP contribution in [-0.2, 0) is 0 Å². The summed E-state index contributed by atoms with van der Waals surface area (Å²) in [7, 11) is 0. The number of aryl methyl sites for hydroxylation is 1. The smallest absolute Gasteiger partial charge is 0.165 e. The van der Waals surface area contributed by atoms with E-state index in [0.717, 1.165) is 16.8 Å². The quantitative estimate of drug-likeness (QED) is 0.557. The Morgan fingerprint density at radius 1 is 1.38 bits per heavy atom. The average molecular weight is 177 g/mol. The van der Waals surface area contributed by atoms with E-state index in [2.05, 4.69) is 0 Å². The third kappa shape index (κ3) is 2.08. The molecule has 13 heavy (non-hydrogen) atoms. The first-order valence-electron chi connectivity index (χ1n) is 4.42. The van der Waals surface area contributed by atoms with E-state index in [4.69, 9.17) is 5.73 Å². The fraction of sp³-hybridized carbons (Fsp3) is 0.364. The van der Waals surface area contributed by atoms with Crippen LogP contribution in [0.3, 0.4) is 0 Å². The minimum Gasteiger partial charge on any atom is -0.399 e. The number of nitrogen functional groups attached to an aromatic ring is 1. The average Bonchev–Trinajstić information content (AvgIpc) is 2.08. The van der Waals surface area contributed by atoms with Crippen LogP contribution < -0.4 is 5.73 Å². The normalized spacial score (nSPS) is 10.5. The van der Waals surface area contributed by atoms with E-state index in [1.165, 1.54) is 0 Å². The minimum atomic E-state index is 0.0445. The highest BCUT2D eigenvalue weighted by Crippen LogP contribution is 2.15. The van der Waals surface area contributed by atoms with Crippen molar-refractivity contribution in [1.82, 2.24) is 0 Å². The van der Waals surface area contributed by atoms with Gasteiger partial charge in [0.05, 0.1) is 0 Å². The summed E-state index contributed by atoms with van der Waals surface area (Å²) < 4.78 is 0. The van der Waals surface area contributed by atoms with Crippen molar-refractivity contribution in [2.75, 3.05) is 5.73 Å².